The molecule has 1 aromatic carbocycles. The van der Waals surface area contributed by atoms with Crippen molar-refractivity contribution in [1.29, 1.82) is 0 Å². The van der Waals surface area contributed by atoms with E-state index >= 15 is 0 Å². The molecule has 8 heteroatoms. The Hall–Kier alpha value is -2.45. The molecule has 2 aromatic rings. The van der Waals surface area contributed by atoms with Crippen LogP contribution in [0.1, 0.15) is 25.3 Å². The zero-order valence-electron chi connectivity index (χ0n) is 15.5. The molecule has 1 aromatic heterocycles. The molecule has 2 heterocycles. The van der Waals surface area contributed by atoms with Gasteiger partial charge in [0.05, 0.1) is 12.2 Å². The number of likely N-dealkylation sites (tertiary alicyclic amines) is 1. The molecular weight excluding hydrogens is 345 g/mol. The van der Waals surface area contributed by atoms with Crippen molar-refractivity contribution in [2.75, 3.05) is 13.1 Å². The van der Waals surface area contributed by atoms with Gasteiger partial charge in [0.15, 0.2) is 0 Å². The molecule has 0 radical (unpaired) electrons. The summed E-state index contributed by atoms with van der Waals surface area (Å²) in [6.45, 7) is 3.48. The maximum atomic E-state index is 12.3. The molecule has 0 spiro atoms. The van der Waals surface area contributed by atoms with E-state index in [1.807, 2.05) is 43.5 Å². The second-order valence-corrected chi connectivity index (χ2v) is 6.85. The number of allylic oxidation sites excluding steroid dienone is 1. The van der Waals surface area contributed by atoms with Crippen LogP contribution in [0.25, 0.3) is 11.0 Å². The topological polar surface area (TPSA) is 98.0 Å². The molecule has 1 fully saturated rings. The molecule has 1 aliphatic rings. The SMILES string of the molecule is CC=CN1CCC[C@@H]1CNC(=O)N[C@@H](Cc1coc2ccccc12)B(O)O. The average molecular weight is 371 g/mol. The minimum atomic E-state index is -1.67. The van der Waals surface area contributed by atoms with E-state index in [-0.39, 0.29) is 12.5 Å². The van der Waals surface area contributed by atoms with E-state index < -0.39 is 19.1 Å². The van der Waals surface area contributed by atoms with Crippen molar-refractivity contribution in [2.24, 2.45) is 0 Å². The van der Waals surface area contributed by atoms with Gasteiger partial charge in [-0.25, -0.2) is 4.79 Å². The first-order chi connectivity index (χ1) is 13.1. The van der Waals surface area contributed by atoms with Crippen LogP contribution >= 0.6 is 0 Å². The zero-order valence-corrected chi connectivity index (χ0v) is 15.5. The number of carbonyl (C=O) groups excluding carboxylic acids is 1. The Morgan fingerprint density at radius 2 is 2.26 bits per heavy atom. The van der Waals surface area contributed by atoms with Crippen molar-refractivity contribution in [3.8, 4) is 0 Å². The quantitative estimate of drug-likeness (QED) is 0.555. The third kappa shape index (κ3) is 4.84. The van der Waals surface area contributed by atoms with Gasteiger partial charge < -0.3 is 30.0 Å². The number of nitrogens with zero attached hydrogens (tertiary/aromatic N) is 1. The van der Waals surface area contributed by atoms with Crippen LogP contribution in [-0.2, 0) is 6.42 Å². The number of carbonyl (C=O) groups is 1. The van der Waals surface area contributed by atoms with E-state index in [0.717, 1.165) is 35.9 Å². The molecule has 0 unspecified atom stereocenters. The first kappa shape index (κ1) is 19.3. The lowest BCUT2D eigenvalue weighted by molar-refractivity contribution is 0.233. The Kier molecular flexibility index (Phi) is 6.42. The van der Waals surface area contributed by atoms with E-state index in [1.54, 1.807) is 6.26 Å². The summed E-state index contributed by atoms with van der Waals surface area (Å²) in [7, 11) is -1.67. The Labute approximate surface area is 159 Å². The fourth-order valence-corrected chi connectivity index (χ4v) is 3.55. The van der Waals surface area contributed by atoms with Crippen LogP contribution < -0.4 is 10.6 Å². The van der Waals surface area contributed by atoms with Gasteiger partial charge in [-0.2, -0.15) is 0 Å². The predicted octanol–water partition coefficient (Wildman–Crippen LogP) is 1.65. The Balaban J connectivity index is 1.57. The van der Waals surface area contributed by atoms with E-state index in [1.165, 1.54) is 0 Å². The summed E-state index contributed by atoms with van der Waals surface area (Å²) in [5, 5.41) is 25.8. The summed E-state index contributed by atoms with van der Waals surface area (Å²) in [6, 6.07) is 7.38. The lowest BCUT2D eigenvalue weighted by Gasteiger charge is -2.24. The summed E-state index contributed by atoms with van der Waals surface area (Å²) in [4.78, 5) is 14.5. The molecule has 0 saturated carbocycles. The highest BCUT2D eigenvalue weighted by Gasteiger charge is 2.28. The lowest BCUT2D eigenvalue weighted by atomic mass is 9.76. The maximum absolute atomic E-state index is 12.3. The van der Waals surface area contributed by atoms with Crippen LogP contribution in [0, 0.1) is 0 Å². The highest BCUT2D eigenvalue weighted by molar-refractivity contribution is 6.43. The van der Waals surface area contributed by atoms with E-state index in [2.05, 4.69) is 15.5 Å². The van der Waals surface area contributed by atoms with Gasteiger partial charge in [0.25, 0.3) is 0 Å². The number of para-hydroxylation sites is 1. The second-order valence-electron chi connectivity index (χ2n) is 6.85. The average Bonchev–Trinajstić information content (AvgIpc) is 3.27. The molecule has 7 nitrogen and oxygen atoms in total. The van der Waals surface area contributed by atoms with Crippen LogP contribution in [0.2, 0.25) is 0 Å². The molecular formula is C19H26BN3O4. The van der Waals surface area contributed by atoms with E-state index in [9.17, 15) is 14.8 Å². The highest BCUT2D eigenvalue weighted by atomic mass is 16.4. The number of furan rings is 1. The highest BCUT2D eigenvalue weighted by Crippen LogP contribution is 2.22. The number of hydrogen-bond acceptors (Lipinski definition) is 5. The molecule has 144 valence electrons. The van der Waals surface area contributed by atoms with Gasteiger partial charge in [0.1, 0.15) is 5.58 Å². The van der Waals surface area contributed by atoms with Crippen LogP contribution in [0.4, 0.5) is 4.79 Å². The van der Waals surface area contributed by atoms with Crippen LogP contribution in [0.5, 0.6) is 0 Å². The second kappa shape index (κ2) is 8.97. The first-order valence-corrected chi connectivity index (χ1v) is 9.32. The van der Waals surface area contributed by atoms with Crippen molar-refractivity contribution in [3.63, 3.8) is 0 Å². The Morgan fingerprint density at radius 1 is 1.44 bits per heavy atom. The van der Waals surface area contributed by atoms with Gasteiger partial charge in [-0.3, -0.25) is 0 Å². The Morgan fingerprint density at radius 3 is 3.04 bits per heavy atom. The molecule has 0 aliphatic carbocycles. The Bertz CT molecular complexity index is 792. The molecule has 3 rings (SSSR count). The molecule has 1 aliphatic heterocycles. The van der Waals surface area contributed by atoms with Crippen molar-refractivity contribution >= 4 is 24.1 Å². The van der Waals surface area contributed by atoms with Gasteiger partial charge in [0, 0.05) is 24.5 Å². The first-order valence-electron chi connectivity index (χ1n) is 9.32. The van der Waals surface area contributed by atoms with Crippen molar-refractivity contribution in [3.05, 3.63) is 48.4 Å². The third-order valence-corrected chi connectivity index (χ3v) is 4.94. The van der Waals surface area contributed by atoms with Gasteiger partial charge in [-0.15, -0.1) is 0 Å². The number of hydrogen-bond donors (Lipinski definition) is 4. The van der Waals surface area contributed by atoms with Crippen molar-refractivity contribution < 1.29 is 19.3 Å². The number of nitrogens with one attached hydrogen (secondary N) is 2. The smallest absolute Gasteiger partial charge is 0.464 e. The fourth-order valence-electron chi connectivity index (χ4n) is 3.55. The number of amides is 2. The lowest BCUT2D eigenvalue weighted by Crippen LogP contribution is -2.52. The summed E-state index contributed by atoms with van der Waals surface area (Å²) >= 11 is 0. The normalized spacial score (nSPS) is 18.2. The van der Waals surface area contributed by atoms with Crippen LogP contribution in [-0.4, -0.2) is 53.2 Å². The minimum absolute atomic E-state index is 0.260. The van der Waals surface area contributed by atoms with Crippen LogP contribution in [0.3, 0.4) is 0 Å². The summed E-state index contributed by atoms with van der Waals surface area (Å²) < 4.78 is 5.48. The van der Waals surface area contributed by atoms with Gasteiger partial charge in [-0.1, -0.05) is 24.3 Å². The fraction of sp³-hybridized carbons (Fsp3) is 0.421. The summed E-state index contributed by atoms with van der Waals surface area (Å²) in [5.74, 6) is -0.832. The van der Waals surface area contributed by atoms with Crippen molar-refractivity contribution in [2.45, 2.75) is 38.2 Å². The van der Waals surface area contributed by atoms with Crippen molar-refractivity contribution in [1.82, 2.24) is 15.5 Å². The summed E-state index contributed by atoms with van der Waals surface area (Å²) in [6.07, 6.45) is 8.01. The number of urea groups is 1. The largest absolute Gasteiger partial charge is 0.475 e. The maximum Gasteiger partial charge on any atom is 0.475 e. The van der Waals surface area contributed by atoms with E-state index in [0.29, 0.717) is 6.54 Å². The van der Waals surface area contributed by atoms with Gasteiger partial charge >= 0.3 is 13.1 Å². The zero-order chi connectivity index (χ0) is 19.2. The van der Waals surface area contributed by atoms with Crippen LogP contribution in [0.15, 0.2) is 47.2 Å². The van der Waals surface area contributed by atoms with Gasteiger partial charge in [-0.05, 0) is 44.0 Å². The molecule has 4 N–H and O–H groups in total. The summed E-state index contributed by atoms with van der Waals surface area (Å²) in [5.41, 5.74) is 1.55. The predicted molar refractivity (Wildman–Crippen MR) is 105 cm³/mol. The van der Waals surface area contributed by atoms with Gasteiger partial charge in [0.2, 0.25) is 0 Å². The molecule has 1 saturated heterocycles. The molecule has 2 amide bonds. The number of rotatable bonds is 7. The molecule has 27 heavy (non-hydrogen) atoms. The monoisotopic (exact) mass is 371 g/mol. The van der Waals surface area contributed by atoms with E-state index in [4.69, 9.17) is 4.42 Å². The number of fused-ring (bicyclic) bond motifs is 1. The molecule has 0 bridgehead atoms. The third-order valence-electron chi connectivity index (χ3n) is 4.94. The number of benzene rings is 1. The standard InChI is InChI=1S/C19H26BN3O4/c1-2-9-23-10-5-6-15(23)12-21-19(24)22-18(20(25)26)11-14-13-27-17-8-4-3-7-16(14)17/h2-4,7-9,13,15,18,25-26H,5-6,10-12H2,1H3,(H2,21,22,24)/t15-,18+/m1/s1. The molecule has 2 atom stereocenters. The minimum Gasteiger partial charge on any atom is -0.464 e.